The molecule has 5 aromatic rings. The number of aromatic nitrogens is 5. The number of hydrogen-bond acceptors (Lipinski definition) is 9. The summed E-state index contributed by atoms with van der Waals surface area (Å²) in [5, 5.41) is 12.9. The van der Waals surface area contributed by atoms with E-state index in [1.807, 2.05) is 30.3 Å². The summed E-state index contributed by atoms with van der Waals surface area (Å²) in [6.07, 6.45) is 6.40. The Morgan fingerprint density at radius 2 is 1.80 bits per heavy atom. The second-order valence-electron chi connectivity index (χ2n) is 9.39. The lowest BCUT2D eigenvalue weighted by Gasteiger charge is -2.17. The normalized spacial score (nSPS) is 13.2. The molecule has 0 atom stereocenters. The number of pyridine rings is 1. The Bertz CT molecular complexity index is 1770. The van der Waals surface area contributed by atoms with Gasteiger partial charge in [0.2, 0.25) is 10.0 Å². The number of amides is 1. The highest BCUT2D eigenvalue weighted by atomic mass is 32.2. The summed E-state index contributed by atoms with van der Waals surface area (Å²) < 4.78 is 29.7. The third-order valence-electron chi connectivity index (χ3n) is 6.67. The first kappa shape index (κ1) is 27.9. The predicted octanol–water partition coefficient (Wildman–Crippen LogP) is 2.59. The van der Waals surface area contributed by atoms with E-state index in [0.717, 1.165) is 29.9 Å². The van der Waals surface area contributed by atoms with Gasteiger partial charge in [-0.2, -0.15) is 14.6 Å². The molecule has 3 aromatic heterocycles. The topological polar surface area (TPSA) is 158 Å². The highest BCUT2D eigenvalue weighted by Crippen LogP contribution is 2.25. The van der Waals surface area contributed by atoms with Gasteiger partial charge >= 0.3 is 0 Å². The van der Waals surface area contributed by atoms with Gasteiger partial charge in [-0.15, -0.1) is 0 Å². The van der Waals surface area contributed by atoms with Crippen LogP contribution in [0.15, 0.2) is 78.1 Å². The second-order valence-corrected chi connectivity index (χ2v) is 11.0. The highest BCUT2D eigenvalue weighted by molar-refractivity contribution is 7.89. The molecule has 1 aliphatic rings. The van der Waals surface area contributed by atoms with Gasteiger partial charge in [-0.1, -0.05) is 24.3 Å². The van der Waals surface area contributed by atoms with Gasteiger partial charge in [0.1, 0.15) is 23.6 Å². The van der Waals surface area contributed by atoms with E-state index in [0.29, 0.717) is 30.0 Å². The van der Waals surface area contributed by atoms with Crippen molar-refractivity contribution in [2.45, 2.75) is 24.2 Å². The van der Waals surface area contributed by atoms with Crippen LogP contribution in [0.1, 0.15) is 28.9 Å². The summed E-state index contributed by atoms with van der Waals surface area (Å²) in [7, 11) is -2.15. The third kappa shape index (κ3) is 6.58. The Labute approximate surface area is 237 Å². The Morgan fingerprint density at radius 3 is 2.54 bits per heavy atom. The van der Waals surface area contributed by atoms with Crippen LogP contribution >= 0.6 is 0 Å². The molecule has 12 nitrogen and oxygen atoms in total. The van der Waals surface area contributed by atoms with Gasteiger partial charge in [0.25, 0.3) is 11.7 Å². The summed E-state index contributed by atoms with van der Waals surface area (Å²) in [5.41, 5.74) is 1.84. The maximum atomic E-state index is 12.4. The van der Waals surface area contributed by atoms with Crippen molar-refractivity contribution in [3.8, 4) is 5.75 Å². The molecule has 1 saturated heterocycles. The zero-order valence-electron chi connectivity index (χ0n) is 22.5. The van der Waals surface area contributed by atoms with Crippen molar-refractivity contribution in [3.63, 3.8) is 0 Å². The van der Waals surface area contributed by atoms with Crippen LogP contribution in [0.4, 0.5) is 5.82 Å². The van der Waals surface area contributed by atoms with E-state index in [2.05, 4.69) is 30.3 Å². The minimum atomic E-state index is -3.70. The van der Waals surface area contributed by atoms with Crippen LogP contribution in [0.25, 0.3) is 16.7 Å². The minimum Gasteiger partial charge on any atom is -0.496 e. The molecule has 0 radical (unpaired) electrons. The fourth-order valence-corrected chi connectivity index (χ4v) is 5.11. The predicted molar refractivity (Wildman–Crippen MR) is 154 cm³/mol. The summed E-state index contributed by atoms with van der Waals surface area (Å²) in [6.45, 7) is 2.60. The molecule has 2 aromatic carbocycles. The van der Waals surface area contributed by atoms with Crippen molar-refractivity contribution in [1.82, 2.24) is 29.9 Å². The molecule has 13 heteroatoms. The van der Waals surface area contributed by atoms with Crippen LogP contribution in [0.5, 0.6) is 5.75 Å². The van der Waals surface area contributed by atoms with Gasteiger partial charge in [0.05, 0.1) is 17.5 Å². The molecule has 0 saturated carbocycles. The fraction of sp³-hybridized carbons (Fsp3) is 0.250. The number of benzene rings is 2. The lowest BCUT2D eigenvalue weighted by molar-refractivity contribution is 0.0949. The zero-order valence-corrected chi connectivity index (χ0v) is 23.3. The number of methoxy groups -OCH3 is 1. The highest BCUT2D eigenvalue weighted by Gasteiger charge is 2.16. The summed E-state index contributed by atoms with van der Waals surface area (Å²) in [6, 6.07) is 17.3. The van der Waals surface area contributed by atoms with E-state index in [9.17, 15) is 13.2 Å². The van der Waals surface area contributed by atoms with Crippen molar-refractivity contribution in [3.05, 3.63) is 84.4 Å². The Hall–Kier alpha value is -4.62. The number of sulfonamides is 1. The summed E-state index contributed by atoms with van der Waals surface area (Å²) in [5.74, 6) is 2.06. The number of carbonyl (C=O) groups is 1. The van der Waals surface area contributed by atoms with E-state index in [1.165, 1.54) is 25.0 Å². The molecule has 0 spiro atoms. The maximum absolute atomic E-state index is 12.4. The number of anilines is 1. The average Bonchev–Trinajstić information content (AvgIpc) is 3.69. The zero-order chi connectivity index (χ0) is 28.8. The van der Waals surface area contributed by atoms with Crippen LogP contribution < -0.4 is 20.1 Å². The lowest BCUT2D eigenvalue weighted by Crippen LogP contribution is -2.26. The average molecular weight is 575 g/mol. The van der Waals surface area contributed by atoms with Crippen molar-refractivity contribution in [2.75, 3.05) is 31.6 Å². The number of nitrogens with two attached hydrogens (primary N) is 1. The molecule has 6 rings (SSSR count). The van der Waals surface area contributed by atoms with Gasteiger partial charge in [-0.25, -0.2) is 23.5 Å². The molecular formula is C28H30N8O4S. The van der Waals surface area contributed by atoms with Crippen LogP contribution in [0.3, 0.4) is 0 Å². The van der Waals surface area contributed by atoms with E-state index in [1.54, 1.807) is 42.3 Å². The number of carbonyl (C=O) groups excluding carboxylic acids is 1. The number of para-hydroxylation sites is 1. The Kier molecular flexibility index (Phi) is 8.36. The number of ether oxygens (including phenoxy) is 1. The molecule has 0 unspecified atom stereocenters. The fourth-order valence-electron chi connectivity index (χ4n) is 4.60. The number of rotatable bonds is 7. The van der Waals surface area contributed by atoms with E-state index >= 15 is 0 Å². The van der Waals surface area contributed by atoms with E-state index < -0.39 is 10.0 Å². The molecule has 1 aliphatic heterocycles. The van der Waals surface area contributed by atoms with Gasteiger partial charge in [0, 0.05) is 37.3 Å². The van der Waals surface area contributed by atoms with Crippen LogP contribution in [0.2, 0.25) is 0 Å². The molecule has 41 heavy (non-hydrogen) atoms. The first-order valence-electron chi connectivity index (χ1n) is 13.1. The number of hydrogen-bond donors (Lipinski definition) is 2. The molecular weight excluding hydrogens is 544 g/mol. The number of nitrogens with zero attached hydrogens (tertiary/aromatic N) is 6. The molecule has 3 N–H and O–H groups in total. The largest absolute Gasteiger partial charge is 0.496 e. The quantitative estimate of drug-likeness (QED) is 0.298. The second kappa shape index (κ2) is 12.3. The van der Waals surface area contributed by atoms with Gasteiger partial charge in [-0.3, -0.25) is 4.79 Å². The van der Waals surface area contributed by atoms with Crippen LogP contribution in [-0.4, -0.2) is 65.6 Å². The number of primary sulfonamides is 1. The van der Waals surface area contributed by atoms with Crippen molar-refractivity contribution < 1.29 is 17.9 Å². The molecule has 212 valence electrons. The van der Waals surface area contributed by atoms with E-state index in [-0.39, 0.29) is 16.5 Å². The molecule has 4 heterocycles. The van der Waals surface area contributed by atoms with E-state index in [4.69, 9.17) is 9.88 Å². The van der Waals surface area contributed by atoms with Crippen LogP contribution in [-0.2, 0) is 16.4 Å². The molecule has 0 bridgehead atoms. The van der Waals surface area contributed by atoms with Crippen molar-refractivity contribution >= 4 is 38.4 Å². The van der Waals surface area contributed by atoms with Gasteiger partial charge in [-0.05, 0) is 55.2 Å². The number of fused-ring (bicyclic) bond motifs is 2. The first-order chi connectivity index (χ1) is 19.8. The summed E-state index contributed by atoms with van der Waals surface area (Å²) in [4.78, 5) is 27.4. The van der Waals surface area contributed by atoms with Crippen LogP contribution in [0, 0.1) is 0 Å². The standard InChI is InChI=1S/C19H19N3O4S.C9H11N5/c1-26-18-12-17(22-16-5-3-2-4-15(16)18)19(23)21-11-10-13-6-8-14(9-7-13)27(20,24)25;1-2-6-13(5-1)8-3-4-10-9-11-7-12-14(8)9/h2-9,12H,10-11H2,1H3,(H,21,23)(H2,20,24,25);3-4,7H,1-2,5-6H2. The first-order valence-corrected chi connectivity index (χ1v) is 14.6. The molecule has 0 aliphatic carbocycles. The van der Waals surface area contributed by atoms with Gasteiger partial charge < -0.3 is 15.0 Å². The minimum absolute atomic E-state index is 0.0581. The lowest BCUT2D eigenvalue weighted by atomic mass is 10.1. The van der Waals surface area contributed by atoms with Crippen molar-refractivity contribution in [1.29, 1.82) is 0 Å². The Balaban J connectivity index is 0.000000200. The monoisotopic (exact) mass is 574 g/mol. The summed E-state index contributed by atoms with van der Waals surface area (Å²) >= 11 is 0. The SMILES string of the molecule is COc1cc(C(=O)NCCc2ccc(S(N)(=O)=O)cc2)nc2ccccc12.c1cc(N2CCCC2)n2ncnc2n1. The Morgan fingerprint density at radius 1 is 1.05 bits per heavy atom. The van der Waals surface area contributed by atoms with Crippen molar-refractivity contribution in [2.24, 2.45) is 5.14 Å². The maximum Gasteiger partial charge on any atom is 0.270 e. The molecule has 1 fully saturated rings. The molecule has 1 amide bonds. The van der Waals surface area contributed by atoms with Gasteiger partial charge in [0.15, 0.2) is 0 Å². The third-order valence-corrected chi connectivity index (χ3v) is 7.60. The smallest absolute Gasteiger partial charge is 0.270 e. The number of nitrogens with one attached hydrogen (secondary N) is 1.